The maximum Gasteiger partial charge on any atom is 0.149 e. The molecule has 1 aliphatic heterocycles. The summed E-state index contributed by atoms with van der Waals surface area (Å²) in [6.07, 6.45) is 0.559. The lowest BCUT2D eigenvalue weighted by atomic mass is 10.1. The van der Waals surface area contributed by atoms with E-state index in [0.717, 1.165) is 12.1 Å². The normalized spacial score (nSPS) is 16.5. The highest BCUT2D eigenvalue weighted by atomic mass is 19.1. The van der Waals surface area contributed by atoms with E-state index < -0.39 is 17.7 Å². The highest BCUT2D eigenvalue weighted by Crippen LogP contribution is 2.30. The summed E-state index contributed by atoms with van der Waals surface area (Å²) in [6, 6.07) is 2.01. The first-order chi connectivity index (χ1) is 8.61. The first-order valence-corrected chi connectivity index (χ1v) is 5.59. The minimum absolute atomic E-state index is 0.0895. The largest absolute Gasteiger partial charge is 0.393 e. The van der Waals surface area contributed by atoms with Gasteiger partial charge in [-0.25, -0.2) is 8.78 Å². The molecule has 1 fully saturated rings. The standard InChI is InChI=1S/C11H12F2N4O/c12-9-5-7(15-16-14)6-10(13)11(9)17-3-1-8(18)2-4-17/h5-6,8,18H,1-4H2. The van der Waals surface area contributed by atoms with Gasteiger partial charge in [0.15, 0.2) is 0 Å². The van der Waals surface area contributed by atoms with Crippen molar-refractivity contribution in [1.29, 1.82) is 0 Å². The van der Waals surface area contributed by atoms with Crippen molar-refractivity contribution in [2.75, 3.05) is 18.0 Å². The molecule has 96 valence electrons. The summed E-state index contributed by atoms with van der Waals surface area (Å²) in [5.74, 6) is -1.51. The number of aliphatic hydroxyl groups excluding tert-OH is 1. The lowest BCUT2D eigenvalue weighted by molar-refractivity contribution is 0.145. The van der Waals surface area contributed by atoms with Gasteiger partial charge in [-0.05, 0) is 30.5 Å². The average molecular weight is 254 g/mol. The molecular weight excluding hydrogens is 242 g/mol. The van der Waals surface area contributed by atoms with Crippen molar-refractivity contribution in [3.05, 3.63) is 34.2 Å². The monoisotopic (exact) mass is 254 g/mol. The Bertz CT molecular complexity index is 471. The molecule has 5 nitrogen and oxygen atoms in total. The molecule has 0 aromatic heterocycles. The number of benzene rings is 1. The predicted octanol–water partition coefficient (Wildman–Crippen LogP) is 2.87. The van der Waals surface area contributed by atoms with Crippen molar-refractivity contribution >= 4 is 11.4 Å². The third-order valence-electron chi connectivity index (χ3n) is 2.94. The van der Waals surface area contributed by atoms with Crippen molar-refractivity contribution in [3.8, 4) is 0 Å². The Morgan fingerprint density at radius 2 is 1.83 bits per heavy atom. The molecule has 0 amide bonds. The Balaban J connectivity index is 2.30. The van der Waals surface area contributed by atoms with Gasteiger partial charge in [-0.1, -0.05) is 5.11 Å². The molecule has 0 atom stereocenters. The van der Waals surface area contributed by atoms with Crippen LogP contribution in [0, 0.1) is 11.6 Å². The number of azide groups is 1. The molecule has 0 aliphatic carbocycles. The molecule has 18 heavy (non-hydrogen) atoms. The van der Waals surface area contributed by atoms with Gasteiger partial charge in [0.1, 0.15) is 17.3 Å². The molecule has 1 aromatic rings. The molecule has 7 heteroatoms. The van der Waals surface area contributed by atoms with E-state index in [0.29, 0.717) is 25.9 Å². The third-order valence-corrected chi connectivity index (χ3v) is 2.94. The molecule has 0 unspecified atom stereocenters. The second-order valence-corrected chi connectivity index (χ2v) is 4.17. The molecule has 1 heterocycles. The van der Waals surface area contributed by atoms with Crippen LogP contribution in [0.4, 0.5) is 20.2 Å². The number of anilines is 1. The van der Waals surface area contributed by atoms with E-state index in [9.17, 15) is 13.9 Å². The van der Waals surface area contributed by atoms with Gasteiger partial charge in [0.25, 0.3) is 0 Å². The average Bonchev–Trinajstić information content (AvgIpc) is 2.31. The Hall–Kier alpha value is -1.85. The number of piperidine rings is 1. The van der Waals surface area contributed by atoms with Crippen molar-refractivity contribution < 1.29 is 13.9 Å². The smallest absolute Gasteiger partial charge is 0.149 e. The maximum atomic E-state index is 13.8. The number of hydrogen-bond donors (Lipinski definition) is 1. The molecule has 0 spiro atoms. The van der Waals surface area contributed by atoms with Crippen molar-refractivity contribution in [3.63, 3.8) is 0 Å². The highest BCUT2D eigenvalue weighted by Gasteiger charge is 2.22. The highest BCUT2D eigenvalue weighted by molar-refractivity contribution is 5.55. The predicted molar refractivity (Wildman–Crippen MR) is 62.6 cm³/mol. The van der Waals surface area contributed by atoms with Gasteiger partial charge < -0.3 is 10.0 Å². The van der Waals surface area contributed by atoms with E-state index in [1.807, 2.05) is 0 Å². The number of aliphatic hydroxyl groups is 1. The molecular formula is C11H12F2N4O. The van der Waals surface area contributed by atoms with E-state index in [2.05, 4.69) is 10.0 Å². The topological polar surface area (TPSA) is 72.2 Å². The van der Waals surface area contributed by atoms with Gasteiger partial charge >= 0.3 is 0 Å². The summed E-state index contributed by atoms with van der Waals surface area (Å²) >= 11 is 0. The van der Waals surface area contributed by atoms with Crippen LogP contribution in [0.1, 0.15) is 12.8 Å². The molecule has 1 aromatic carbocycles. The lowest BCUT2D eigenvalue weighted by Crippen LogP contribution is -2.36. The summed E-state index contributed by atoms with van der Waals surface area (Å²) in [4.78, 5) is 4.04. The molecule has 1 N–H and O–H groups in total. The van der Waals surface area contributed by atoms with Gasteiger partial charge in [-0.3, -0.25) is 0 Å². The van der Waals surface area contributed by atoms with Gasteiger partial charge in [0.05, 0.1) is 6.10 Å². The number of nitrogens with zero attached hydrogens (tertiary/aromatic N) is 4. The minimum Gasteiger partial charge on any atom is -0.393 e. The number of hydrogen-bond acceptors (Lipinski definition) is 3. The van der Waals surface area contributed by atoms with Crippen LogP contribution in [-0.4, -0.2) is 24.3 Å². The van der Waals surface area contributed by atoms with Gasteiger partial charge in [0.2, 0.25) is 0 Å². The molecule has 2 rings (SSSR count). The minimum atomic E-state index is -0.756. The van der Waals surface area contributed by atoms with Gasteiger partial charge in [0, 0.05) is 23.7 Å². The Morgan fingerprint density at radius 1 is 1.28 bits per heavy atom. The summed E-state index contributed by atoms with van der Waals surface area (Å²) in [7, 11) is 0. The van der Waals surface area contributed by atoms with E-state index in [1.165, 1.54) is 0 Å². The van der Waals surface area contributed by atoms with Crippen LogP contribution in [0.25, 0.3) is 10.4 Å². The summed E-state index contributed by atoms with van der Waals surface area (Å²) in [5.41, 5.74) is 8.01. The van der Waals surface area contributed by atoms with Crippen LogP contribution in [0.3, 0.4) is 0 Å². The number of rotatable bonds is 2. The summed E-state index contributed by atoms with van der Waals surface area (Å²) < 4.78 is 27.6. The van der Waals surface area contributed by atoms with Crippen molar-refractivity contribution in [1.82, 2.24) is 0 Å². The van der Waals surface area contributed by atoms with Gasteiger partial charge in [-0.2, -0.15) is 0 Å². The fourth-order valence-electron chi connectivity index (χ4n) is 2.05. The van der Waals surface area contributed by atoms with Crippen LogP contribution in [0.2, 0.25) is 0 Å². The zero-order valence-corrected chi connectivity index (χ0v) is 9.55. The molecule has 0 saturated carbocycles. The fraction of sp³-hybridized carbons (Fsp3) is 0.455. The van der Waals surface area contributed by atoms with E-state index in [4.69, 9.17) is 5.53 Å². The first-order valence-electron chi connectivity index (χ1n) is 5.59. The Morgan fingerprint density at radius 3 is 2.33 bits per heavy atom. The molecule has 1 saturated heterocycles. The van der Waals surface area contributed by atoms with Crippen LogP contribution >= 0.6 is 0 Å². The van der Waals surface area contributed by atoms with E-state index in [1.54, 1.807) is 4.90 Å². The van der Waals surface area contributed by atoms with E-state index >= 15 is 0 Å². The van der Waals surface area contributed by atoms with Crippen LogP contribution in [0.15, 0.2) is 17.2 Å². The number of halogens is 2. The Kier molecular flexibility index (Phi) is 3.64. The third kappa shape index (κ3) is 2.52. The van der Waals surface area contributed by atoms with Gasteiger partial charge in [-0.15, -0.1) is 0 Å². The lowest BCUT2D eigenvalue weighted by Gasteiger charge is -2.31. The second-order valence-electron chi connectivity index (χ2n) is 4.17. The van der Waals surface area contributed by atoms with E-state index in [-0.39, 0.29) is 11.4 Å². The first kappa shape index (κ1) is 12.6. The SMILES string of the molecule is [N-]=[N+]=Nc1cc(F)c(N2CCC(O)CC2)c(F)c1. The zero-order chi connectivity index (χ0) is 13.1. The fourth-order valence-corrected chi connectivity index (χ4v) is 2.05. The van der Waals surface area contributed by atoms with Crippen LogP contribution in [-0.2, 0) is 0 Å². The molecule has 0 bridgehead atoms. The van der Waals surface area contributed by atoms with Crippen molar-refractivity contribution in [2.45, 2.75) is 18.9 Å². The van der Waals surface area contributed by atoms with Crippen LogP contribution < -0.4 is 4.90 Å². The molecule has 0 radical (unpaired) electrons. The summed E-state index contributed by atoms with van der Waals surface area (Å²) in [6.45, 7) is 0.797. The van der Waals surface area contributed by atoms with Crippen molar-refractivity contribution in [2.24, 2.45) is 5.11 Å². The zero-order valence-electron chi connectivity index (χ0n) is 9.55. The maximum absolute atomic E-state index is 13.8. The van der Waals surface area contributed by atoms with Crippen LogP contribution in [0.5, 0.6) is 0 Å². The summed E-state index contributed by atoms with van der Waals surface area (Å²) in [5, 5.41) is 12.5. The second kappa shape index (κ2) is 5.20. The Labute approximate surface area is 102 Å². The quantitative estimate of drug-likeness (QED) is 0.500. The molecule has 1 aliphatic rings.